The molecule has 3 N–H and O–H groups in total. The molecule has 0 bridgehead atoms. The largest absolute Gasteiger partial charge is 0.357 e. The van der Waals surface area contributed by atoms with Crippen molar-refractivity contribution in [2.24, 2.45) is 4.99 Å². The molecule has 1 aliphatic heterocycles. The first-order valence-corrected chi connectivity index (χ1v) is 8.47. The number of nitrogens with zero attached hydrogens (tertiary/aromatic N) is 2. The third kappa shape index (κ3) is 7.67. The third-order valence-corrected chi connectivity index (χ3v) is 3.78. The molecule has 5 heteroatoms. The summed E-state index contributed by atoms with van der Waals surface area (Å²) in [5, 5.41) is 10.2. The van der Waals surface area contributed by atoms with Crippen LogP contribution in [0.2, 0.25) is 0 Å². The van der Waals surface area contributed by atoms with Crippen molar-refractivity contribution in [3.05, 3.63) is 0 Å². The van der Waals surface area contributed by atoms with Gasteiger partial charge in [-0.2, -0.15) is 0 Å². The smallest absolute Gasteiger partial charge is 0.191 e. The Morgan fingerprint density at radius 3 is 2.57 bits per heavy atom. The fourth-order valence-electron chi connectivity index (χ4n) is 2.68. The van der Waals surface area contributed by atoms with Crippen molar-refractivity contribution in [1.29, 1.82) is 0 Å². The maximum absolute atomic E-state index is 4.75. The summed E-state index contributed by atoms with van der Waals surface area (Å²) in [6.45, 7) is 16.9. The second-order valence-corrected chi connectivity index (χ2v) is 6.75. The number of hydrogen-bond acceptors (Lipinski definition) is 3. The Hall–Kier alpha value is -0.810. The molecule has 1 atom stereocenters. The SMILES string of the molecule is CCNC(=NCC1CCCN1CC)NCCNC(C)(C)C. The Morgan fingerprint density at radius 2 is 1.95 bits per heavy atom. The van der Waals surface area contributed by atoms with Crippen LogP contribution in [0.3, 0.4) is 0 Å². The molecule has 1 aliphatic rings. The highest BCUT2D eigenvalue weighted by Gasteiger charge is 2.22. The van der Waals surface area contributed by atoms with E-state index >= 15 is 0 Å². The summed E-state index contributed by atoms with van der Waals surface area (Å²) in [6, 6.07) is 0.623. The number of likely N-dealkylation sites (N-methyl/N-ethyl adjacent to an activating group) is 1. The Balaban J connectivity index is 2.35. The normalized spacial score (nSPS) is 20.8. The first-order valence-electron chi connectivity index (χ1n) is 8.47. The zero-order valence-corrected chi connectivity index (χ0v) is 14.6. The van der Waals surface area contributed by atoms with Crippen LogP contribution in [0, 0.1) is 0 Å². The molecule has 5 nitrogen and oxygen atoms in total. The fourth-order valence-corrected chi connectivity index (χ4v) is 2.68. The summed E-state index contributed by atoms with van der Waals surface area (Å²) in [5.41, 5.74) is 0.169. The molecule has 1 fully saturated rings. The van der Waals surface area contributed by atoms with E-state index < -0.39 is 0 Å². The lowest BCUT2D eigenvalue weighted by molar-refractivity contribution is 0.273. The van der Waals surface area contributed by atoms with Gasteiger partial charge in [-0.05, 0) is 53.6 Å². The summed E-state index contributed by atoms with van der Waals surface area (Å²) in [7, 11) is 0. The van der Waals surface area contributed by atoms with Gasteiger partial charge in [0.2, 0.25) is 0 Å². The minimum Gasteiger partial charge on any atom is -0.357 e. The molecule has 0 aliphatic carbocycles. The number of hydrogen-bond donors (Lipinski definition) is 3. The van der Waals surface area contributed by atoms with Gasteiger partial charge in [0.05, 0.1) is 6.54 Å². The van der Waals surface area contributed by atoms with Gasteiger partial charge < -0.3 is 16.0 Å². The lowest BCUT2D eigenvalue weighted by atomic mass is 10.1. The van der Waals surface area contributed by atoms with Crippen LogP contribution in [0.15, 0.2) is 4.99 Å². The molecule has 1 unspecified atom stereocenters. The summed E-state index contributed by atoms with van der Waals surface area (Å²) in [6.07, 6.45) is 2.59. The molecule has 0 aromatic carbocycles. The van der Waals surface area contributed by atoms with Crippen LogP contribution in [0.4, 0.5) is 0 Å². The van der Waals surface area contributed by atoms with Crippen molar-refractivity contribution in [3.63, 3.8) is 0 Å². The molecule has 0 aromatic heterocycles. The molecule has 0 radical (unpaired) electrons. The molecule has 21 heavy (non-hydrogen) atoms. The molecule has 124 valence electrons. The summed E-state index contributed by atoms with van der Waals surface area (Å²) >= 11 is 0. The molecule has 1 rings (SSSR count). The molecule has 0 aromatic rings. The predicted molar refractivity (Wildman–Crippen MR) is 92.0 cm³/mol. The topological polar surface area (TPSA) is 51.7 Å². The second kappa shape index (κ2) is 9.26. The van der Waals surface area contributed by atoms with E-state index in [4.69, 9.17) is 4.99 Å². The van der Waals surface area contributed by atoms with Gasteiger partial charge in [-0.3, -0.25) is 9.89 Å². The van der Waals surface area contributed by atoms with Crippen molar-refractivity contribution < 1.29 is 0 Å². The van der Waals surface area contributed by atoms with Crippen molar-refractivity contribution in [3.8, 4) is 0 Å². The number of aliphatic imine (C=N–C) groups is 1. The van der Waals surface area contributed by atoms with Crippen LogP contribution < -0.4 is 16.0 Å². The number of rotatable bonds is 7. The lowest BCUT2D eigenvalue weighted by Gasteiger charge is -2.22. The van der Waals surface area contributed by atoms with Gasteiger partial charge in [0.15, 0.2) is 5.96 Å². The van der Waals surface area contributed by atoms with Crippen molar-refractivity contribution in [2.75, 3.05) is 39.3 Å². The van der Waals surface area contributed by atoms with Crippen LogP contribution in [0.1, 0.15) is 47.5 Å². The van der Waals surface area contributed by atoms with E-state index in [1.54, 1.807) is 0 Å². The standard InChI is InChI=1S/C16H35N5/c1-6-17-15(18-10-11-20-16(3,4)5)19-13-14-9-8-12-21(14)7-2/h14,20H,6-13H2,1-5H3,(H2,17,18,19). The molecule has 0 spiro atoms. The fraction of sp³-hybridized carbons (Fsp3) is 0.938. The van der Waals surface area contributed by atoms with E-state index in [1.165, 1.54) is 19.4 Å². The van der Waals surface area contributed by atoms with Crippen molar-refractivity contribution >= 4 is 5.96 Å². The van der Waals surface area contributed by atoms with Gasteiger partial charge in [0.1, 0.15) is 0 Å². The van der Waals surface area contributed by atoms with Gasteiger partial charge >= 0.3 is 0 Å². The van der Waals surface area contributed by atoms with Crippen LogP contribution in [0.25, 0.3) is 0 Å². The minimum absolute atomic E-state index is 0.169. The Morgan fingerprint density at radius 1 is 1.19 bits per heavy atom. The Labute approximate surface area is 131 Å². The van der Waals surface area contributed by atoms with Crippen LogP contribution >= 0.6 is 0 Å². The number of guanidine groups is 1. The first kappa shape index (κ1) is 18.2. The summed E-state index contributed by atoms with van der Waals surface area (Å²) < 4.78 is 0. The van der Waals surface area contributed by atoms with E-state index in [-0.39, 0.29) is 5.54 Å². The molecule has 1 heterocycles. The highest BCUT2D eigenvalue weighted by Crippen LogP contribution is 2.16. The average Bonchev–Trinajstić information content (AvgIpc) is 2.87. The van der Waals surface area contributed by atoms with Crippen molar-refractivity contribution in [2.45, 2.75) is 59.0 Å². The van der Waals surface area contributed by atoms with Gasteiger partial charge in [-0.1, -0.05) is 6.92 Å². The maximum atomic E-state index is 4.75. The average molecular weight is 297 g/mol. The highest BCUT2D eigenvalue weighted by atomic mass is 15.2. The second-order valence-electron chi connectivity index (χ2n) is 6.75. The zero-order chi connectivity index (χ0) is 15.7. The van der Waals surface area contributed by atoms with E-state index in [1.807, 2.05) is 0 Å². The molecule has 0 saturated carbocycles. The van der Waals surface area contributed by atoms with Crippen molar-refractivity contribution in [1.82, 2.24) is 20.9 Å². The first-order chi connectivity index (χ1) is 9.96. The monoisotopic (exact) mass is 297 g/mol. The molecular weight excluding hydrogens is 262 g/mol. The zero-order valence-electron chi connectivity index (χ0n) is 14.6. The third-order valence-electron chi connectivity index (χ3n) is 3.78. The Bertz CT molecular complexity index is 308. The van der Waals surface area contributed by atoms with Crippen LogP contribution in [-0.2, 0) is 0 Å². The minimum atomic E-state index is 0.169. The van der Waals surface area contributed by atoms with E-state index in [2.05, 4.69) is 55.5 Å². The van der Waals surface area contributed by atoms with E-state index in [0.717, 1.165) is 38.7 Å². The van der Waals surface area contributed by atoms with E-state index in [0.29, 0.717) is 6.04 Å². The Kier molecular flexibility index (Phi) is 8.04. The molecular formula is C16H35N5. The van der Waals surface area contributed by atoms with Gasteiger partial charge in [-0.15, -0.1) is 0 Å². The van der Waals surface area contributed by atoms with Gasteiger partial charge in [0, 0.05) is 31.2 Å². The predicted octanol–water partition coefficient (Wildman–Crippen LogP) is 1.41. The number of nitrogens with one attached hydrogen (secondary N) is 3. The van der Waals surface area contributed by atoms with Gasteiger partial charge in [-0.25, -0.2) is 0 Å². The number of likely N-dealkylation sites (tertiary alicyclic amines) is 1. The molecule has 0 amide bonds. The van der Waals surface area contributed by atoms with E-state index in [9.17, 15) is 0 Å². The quantitative estimate of drug-likeness (QED) is 0.378. The van der Waals surface area contributed by atoms with Gasteiger partial charge in [0.25, 0.3) is 0 Å². The maximum Gasteiger partial charge on any atom is 0.191 e. The summed E-state index contributed by atoms with van der Waals surface area (Å²) in [4.78, 5) is 7.29. The molecule has 1 saturated heterocycles. The van der Waals surface area contributed by atoms with Crippen LogP contribution in [-0.4, -0.2) is 61.7 Å². The van der Waals surface area contributed by atoms with Crippen LogP contribution in [0.5, 0.6) is 0 Å². The summed E-state index contributed by atoms with van der Waals surface area (Å²) in [5.74, 6) is 0.941. The highest BCUT2D eigenvalue weighted by molar-refractivity contribution is 5.79. The lowest BCUT2D eigenvalue weighted by Crippen LogP contribution is -2.45.